The smallest absolute Gasteiger partial charge is 0.125 e. The standard InChI is InChI=1S/C18H23FN2/c1-4-16(20)11-14-8-9-18(10-13(14)2)21(3)17-7-5-6-15(19)12-17/h5-10,12,16H,4,11,20H2,1-3H3. The summed E-state index contributed by atoms with van der Waals surface area (Å²) >= 11 is 0. The van der Waals surface area contributed by atoms with Crippen molar-refractivity contribution in [1.82, 2.24) is 0 Å². The molecule has 2 nitrogen and oxygen atoms in total. The van der Waals surface area contributed by atoms with Gasteiger partial charge < -0.3 is 10.6 Å². The molecule has 2 N–H and O–H groups in total. The number of hydrogen-bond donors (Lipinski definition) is 1. The van der Waals surface area contributed by atoms with Gasteiger partial charge in [0.15, 0.2) is 0 Å². The highest BCUT2D eigenvalue weighted by Crippen LogP contribution is 2.26. The van der Waals surface area contributed by atoms with Crippen molar-refractivity contribution in [3.8, 4) is 0 Å². The molecule has 21 heavy (non-hydrogen) atoms. The van der Waals surface area contributed by atoms with Crippen molar-refractivity contribution in [2.24, 2.45) is 5.73 Å². The Morgan fingerprint density at radius 3 is 2.48 bits per heavy atom. The largest absolute Gasteiger partial charge is 0.345 e. The van der Waals surface area contributed by atoms with E-state index in [0.29, 0.717) is 0 Å². The molecule has 2 aromatic rings. The zero-order chi connectivity index (χ0) is 15.4. The molecule has 0 aromatic heterocycles. The molecule has 0 amide bonds. The average Bonchev–Trinajstić information content (AvgIpc) is 2.48. The van der Waals surface area contributed by atoms with Gasteiger partial charge in [-0.1, -0.05) is 19.1 Å². The lowest BCUT2D eigenvalue weighted by molar-refractivity contribution is 0.628. The number of nitrogens with two attached hydrogens (primary N) is 1. The first-order valence-electron chi connectivity index (χ1n) is 7.35. The molecular formula is C18H23FN2. The van der Waals surface area contributed by atoms with Crippen LogP contribution in [0.2, 0.25) is 0 Å². The maximum Gasteiger partial charge on any atom is 0.125 e. The second-order valence-corrected chi connectivity index (χ2v) is 5.52. The molecule has 1 atom stereocenters. The Balaban J connectivity index is 2.23. The monoisotopic (exact) mass is 286 g/mol. The summed E-state index contributed by atoms with van der Waals surface area (Å²) in [5.74, 6) is -0.221. The van der Waals surface area contributed by atoms with E-state index < -0.39 is 0 Å². The Morgan fingerprint density at radius 2 is 1.86 bits per heavy atom. The molecule has 0 aliphatic carbocycles. The minimum absolute atomic E-state index is 0.204. The molecule has 2 rings (SSSR count). The number of aryl methyl sites for hydroxylation is 1. The number of benzene rings is 2. The summed E-state index contributed by atoms with van der Waals surface area (Å²) in [7, 11) is 1.95. The van der Waals surface area contributed by atoms with Gasteiger partial charge in [0, 0.05) is 24.5 Å². The SMILES string of the molecule is CCC(N)Cc1ccc(N(C)c2cccc(F)c2)cc1C. The summed E-state index contributed by atoms with van der Waals surface area (Å²) in [5.41, 5.74) is 10.4. The third kappa shape index (κ3) is 3.82. The molecule has 0 spiro atoms. The van der Waals surface area contributed by atoms with Crippen molar-refractivity contribution >= 4 is 11.4 Å². The molecule has 2 aromatic carbocycles. The maximum atomic E-state index is 13.3. The van der Waals surface area contributed by atoms with Crippen LogP contribution in [0, 0.1) is 12.7 Å². The van der Waals surface area contributed by atoms with Crippen molar-refractivity contribution in [1.29, 1.82) is 0 Å². The number of halogens is 1. The highest BCUT2D eigenvalue weighted by Gasteiger charge is 2.09. The predicted octanol–water partition coefficient (Wildman–Crippen LogP) is 4.18. The molecule has 0 saturated carbocycles. The van der Waals surface area contributed by atoms with Crippen LogP contribution >= 0.6 is 0 Å². The van der Waals surface area contributed by atoms with E-state index in [4.69, 9.17) is 5.73 Å². The third-order valence-corrected chi connectivity index (χ3v) is 3.92. The number of rotatable bonds is 5. The van der Waals surface area contributed by atoms with Crippen LogP contribution in [0.5, 0.6) is 0 Å². The highest BCUT2D eigenvalue weighted by atomic mass is 19.1. The van der Waals surface area contributed by atoms with Crippen molar-refractivity contribution < 1.29 is 4.39 Å². The van der Waals surface area contributed by atoms with Gasteiger partial charge in [0.1, 0.15) is 5.82 Å². The molecule has 0 fully saturated rings. The maximum absolute atomic E-state index is 13.3. The van der Waals surface area contributed by atoms with E-state index in [2.05, 4.69) is 32.0 Å². The lowest BCUT2D eigenvalue weighted by atomic mass is 9.99. The quantitative estimate of drug-likeness (QED) is 0.893. The van der Waals surface area contributed by atoms with Gasteiger partial charge in [-0.15, -0.1) is 0 Å². The summed E-state index contributed by atoms with van der Waals surface area (Å²) in [6, 6.07) is 13.1. The van der Waals surface area contributed by atoms with Crippen LogP contribution in [0.4, 0.5) is 15.8 Å². The zero-order valence-electron chi connectivity index (χ0n) is 12.9. The second-order valence-electron chi connectivity index (χ2n) is 5.52. The van der Waals surface area contributed by atoms with Crippen LogP contribution in [-0.4, -0.2) is 13.1 Å². The fourth-order valence-corrected chi connectivity index (χ4v) is 2.38. The van der Waals surface area contributed by atoms with Crippen molar-refractivity contribution in [2.45, 2.75) is 32.7 Å². The highest BCUT2D eigenvalue weighted by molar-refractivity contribution is 5.63. The minimum Gasteiger partial charge on any atom is -0.345 e. The summed E-state index contributed by atoms with van der Waals surface area (Å²) in [5, 5.41) is 0. The molecule has 0 aliphatic rings. The van der Waals surface area contributed by atoms with E-state index in [1.165, 1.54) is 23.3 Å². The van der Waals surface area contributed by atoms with Gasteiger partial charge in [0.25, 0.3) is 0 Å². The summed E-state index contributed by atoms with van der Waals surface area (Å²) < 4.78 is 13.3. The first-order chi connectivity index (χ1) is 10.0. The van der Waals surface area contributed by atoms with Gasteiger partial charge in [0.05, 0.1) is 0 Å². The summed E-state index contributed by atoms with van der Waals surface area (Å²) in [6.45, 7) is 4.20. The van der Waals surface area contributed by atoms with E-state index in [1.54, 1.807) is 6.07 Å². The topological polar surface area (TPSA) is 29.3 Å². The van der Waals surface area contributed by atoms with Gasteiger partial charge in [-0.05, 0) is 61.2 Å². The Kier molecular flexibility index (Phi) is 4.97. The van der Waals surface area contributed by atoms with Gasteiger partial charge in [-0.2, -0.15) is 0 Å². The van der Waals surface area contributed by atoms with Crippen LogP contribution in [0.1, 0.15) is 24.5 Å². The van der Waals surface area contributed by atoms with Gasteiger partial charge >= 0.3 is 0 Å². The van der Waals surface area contributed by atoms with Crippen LogP contribution < -0.4 is 10.6 Å². The lowest BCUT2D eigenvalue weighted by Gasteiger charge is -2.21. The number of anilines is 2. The van der Waals surface area contributed by atoms with Crippen molar-refractivity contribution in [2.75, 3.05) is 11.9 Å². The van der Waals surface area contributed by atoms with Crippen LogP contribution in [0.25, 0.3) is 0 Å². The molecule has 112 valence electrons. The summed E-state index contributed by atoms with van der Waals surface area (Å²) in [6.07, 6.45) is 1.87. The Morgan fingerprint density at radius 1 is 1.14 bits per heavy atom. The third-order valence-electron chi connectivity index (χ3n) is 3.92. The van der Waals surface area contributed by atoms with Gasteiger partial charge in [-0.25, -0.2) is 4.39 Å². The minimum atomic E-state index is -0.221. The molecule has 3 heteroatoms. The molecular weight excluding hydrogens is 263 g/mol. The van der Waals surface area contributed by atoms with Crippen LogP contribution in [0.15, 0.2) is 42.5 Å². The van der Waals surface area contributed by atoms with Crippen LogP contribution in [0.3, 0.4) is 0 Å². The Bertz CT molecular complexity index is 610. The van der Waals surface area contributed by atoms with E-state index in [9.17, 15) is 4.39 Å². The zero-order valence-corrected chi connectivity index (χ0v) is 12.9. The molecule has 0 saturated heterocycles. The number of nitrogens with zero attached hydrogens (tertiary/aromatic N) is 1. The van der Waals surface area contributed by atoms with E-state index in [1.807, 2.05) is 18.0 Å². The molecule has 1 unspecified atom stereocenters. The van der Waals surface area contributed by atoms with E-state index >= 15 is 0 Å². The van der Waals surface area contributed by atoms with Gasteiger partial charge in [-0.3, -0.25) is 0 Å². The number of hydrogen-bond acceptors (Lipinski definition) is 2. The average molecular weight is 286 g/mol. The van der Waals surface area contributed by atoms with Gasteiger partial charge in [0.2, 0.25) is 0 Å². The predicted molar refractivity (Wildman–Crippen MR) is 87.6 cm³/mol. The van der Waals surface area contributed by atoms with Crippen molar-refractivity contribution in [3.63, 3.8) is 0 Å². The van der Waals surface area contributed by atoms with E-state index in [0.717, 1.165) is 24.2 Å². The van der Waals surface area contributed by atoms with Crippen LogP contribution in [-0.2, 0) is 6.42 Å². The molecule has 0 aliphatic heterocycles. The molecule has 0 heterocycles. The lowest BCUT2D eigenvalue weighted by Crippen LogP contribution is -2.22. The Labute approximate surface area is 126 Å². The fourth-order valence-electron chi connectivity index (χ4n) is 2.38. The van der Waals surface area contributed by atoms with Crippen molar-refractivity contribution in [3.05, 3.63) is 59.4 Å². The first kappa shape index (κ1) is 15.5. The summed E-state index contributed by atoms with van der Waals surface area (Å²) in [4.78, 5) is 1.99. The molecule has 0 bridgehead atoms. The first-order valence-corrected chi connectivity index (χ1v) is 7.35. The fraction of sp³-hybridized carbons (Fsp3) is 0.333. The second kappa shape index (κ2) is 6.72. The Hall–Kier alpha value is -1.87. The van der Waals surface area contributed by atoms with E-state index in [-0.39, 0.29) is 11.9 Å². The molecule has 0 radical (unpaired) electrons. The normalized spacial score (nSPS) is 12.2.